The van der Waals surface area contributed by atoms with Crippen molar-refractivity contribution in [3.05, 3.63) is 36.0 Å². The molecule has 0 unspecified atom stereocenters. The predicted octanol–water partition coefficient (Wildman–Crippen LogP) is 1.63. The van der Waals surface area contributed by atoms with Gasteiger partial charge in [-0.15, -0.1) is 0 Å². The summed E-state index contributed by atoms with van der Waals surface area (Å²) in [5.74, 6) is 5.88. The molecule has 0 bridgehead atoms. The van der Waals surface area contributed by atoms with Crippen LogP contribution in [0.25, 0.3) is 10.8 Å². The van der Waals surface area contributed by atoms with E-state index in [0.717, 1.165) is 17.2 Å². The van der Waals surface area contributed by atoms with Crippen LogP contribution in [0.1, 0.15) is 16.9 Å². The largest absolute Gasteiger partial charge is 0.385 e. The number of nitrogen functional groups attached to an aromatic ring is 1. The normalized spacial score (nSPS) is 10.6. The molecule has 1 aromatic carbocycles. The van der Waals surface area contributed by atoms with E-state index in [1.807, 2.05) is 24.3 Å². The average Bonchev–Trinajstić information content (AvgIpc) is 2.53. The quantitative estimate of drug-likeness (QED) is 0.480. The number of benzene rings is 1. The number of nitrogens with one attached hydrogen (secondary N) is 1. The Morgan fingerprint density at radius 2 is 2.19 bits per heavy atom. The van der Waals surface area contributed by atoms with Crippen LogP contribution in [0.15, 0.2) is 30.3 Å². The first-order valence-corrected chi connectivity index (χ1v) is 6.78. The van der Waals surface area contributed by atoms with Crippen LogP contribution < -0.4 is 11.3 Å². The van der Waals surface area contributed by atoms with Gasteiger partial charge in [-0.05, 0) is 17.9 Å². The van der Waals surface area contributed by atoms with Crippen molar-refractivity contribution in [3.63, 3.8) is 0 Å². The number of pyridine rings is 1. The zero-order valence-electron chi connectivity index (χ0n) is 12.3. The van der Waals surface area contributed by atoms with Crippen molar-refractivity contribution >= 4 is 22.5 Å². The summed E-state index contributed by atoms with van der Waals surface area (Å²) in [6.45, 7) is 1.24. The van der Waals surface area contributed by atoms with Gasteiger partial charge in [0, 0.05) is 32.7 Å². The SMILES string of the molecule is COCCCN(C)C(=O)c1cc2ccccc2c(NN)n1. The number of amides is 1. The summed E-state index contributed by atoms with van der Waals surface area (Å²) in [6.07, 6.45) is 0.786. The zero-order chi connectivity index (χ0) is 15.2. The summed E-state index contributed by atoms with van der Waals surface area (Å²) >= 11 is 0. The molecule has 112 valence electrons. The van der Waals surface area contributed by atoms with E-state index in [4.69, 9.17) is 10.6 Å². The third-order valence-electron chi connectivity index (χ3n) is 3.28. The Labute approximate surface area is 123 Å². The first kappa shape index (κ1) is 15.2. The maximum absolute atomic E-state index is 12.4. The molecule has 2 aromatic rings. The molecular weight excluding hydrogens is 268 g/mol. The van der Waals surface area contributed by atoms with Crippen LogP contribution in [0, 0.1) is 0 Å². The summed E-state index contributed by atoms with van der Waals surface area (Å²) in [7, 11) is 3.40. The number of carbonyl (C=O) groups is 1. The van der Waals surface area contributed by atoms with Gasteiger partial charge in [-0.1, -0.05) is 24.3 Å². The van der Waals surface area contributed by atoms with E-state index in [2.05, 4.69) is 10.4 Å². The van der Waals surface area contributed by atoms with Crippen LogP contribution in [-0.4, -0.2) is 43.1 Å². The lowest BCUT2D eigenvalue weighted by Gasteiger charge is -2.17. The number of rotatable bonds is 6. The predicted molar refractivity (Wildman–Crippen MR) is 83.0 cm³/mol. The number of nitrogens with zero attached hydrogens (tertiary/aromatic N) is 2. The molecule has 0 spiro atoms. The number of anilines is 1. The smallest absolute Gasteiger partial charge is 0.272 e. The number of fused-ring (bicyclic) bond motifs is 1. The Morgan fingerprint density at radius 1 is 1.43 bits per heavy atom. The van der Waals surface area contributed by atoms with Crippen molar-refractivity contribution in [1.82, 2.24) is 9.88 Å². The second kappa shape index (κ2) is 7.01. The summed E-state index contributed by atoms with van der Waals surface area (Å²) in [5.41, 5.74) is 2.93. The first-order chi connectivity index (χ1) is 10.2. The minimum Gasteiger partial charge on any atom is -0.385 e. The molecule has 1 amide bonds. The zero-order valence-corrected chi connectivity index (χ0v) is 12.3. The van der Waals surface area contributed by atoms with Crippen molar-refractivity contribution < 1.29 is 9.53 Å². The lowest BCUT2D eigenvalue weighted by Crippen LogP contribution is -2.29. The topological polar surface area (TPSA) is 80.5 Å². The number of nitrogens with two attached hydrogens (primary N) is 1. The number of hydrogen-bond donors (Lipinski definition) is 2. The van der Waals surface area contributed by atoms with Gasteiger partial charge in [-0.3, -0.25) is 4.79 Å². The molecule has 1 heterocycles. The molecule has 6 heteroatoms. The lowest BCUT2D eigenvalue weighted by atomic mass is 10.1. The van der Waals surface area contributed by atoms with Gasteiger partial charge in [0.1, 0.15) is 11.5 Å². The Kier molecular flexibility index (Phi) is 5.08. The molecule has 3 N–H and O–H groups in total. The van der Waals surface area contributed by atoms with Gasteiger partial charge in [-0.2, -0.15) is 0 Å². The van der Waals surface area contributed by atoms with Crippen molar-refractivity contribution in [2.75, 3.05) is 32.7 Å². The van der Waals surface area contributed by atoms with E-state index in [1.165, 1.54) is 0 Å². The molecule has 0 saturated heterocycles. The molecule has 21 heavy (non-hydrogen) atoms. The standard InChI is InChI=1S/C15H20N4O2/c1-19(8-5-9-21-2)15(20)13-10-11-6-3-4-7-12(11)14(17-13)18-16/h3-4,6-7,10H,5,8-9,16H2,1-2H3,(H,17,18). The lowest BCUT2D eigenvalue weighted by molar-refractivity contribution is 0.0774. The van der Waals surface area contributed by atoms with Crippen molar-refractivity contribution in [1.29, 1.82) is 0 Å². The molecule has 0 aliphatic heterocycles. The maximum Gasteiger partial charge on any atom is 0.272 e. The molecule has 0 atom stereocenters. The molecule has 2 rings (SSSR count). The number of carbonyl (C=O) groups excluding carboxylic acids is 1. The van der Waals surface area contributed by atoms with E-state index >= 15 is 0 Å². The highest BCUT2D eigenvalue weighted by molar-refractivity contribution is 6.00. The van der Waals surface area contributed by atoms with Crippen LogP contribution in [-0.2, 0) is 4.74 Å². The maximum atomic E-state index is 12.4. The second-order valence-corrected chi connectivity index (χ2v) is 4.79. The monoisotopic (exact) mass is 288 g/mol. The summed E-state index contributed by atoms with van der Waals surface area (Å²) in [6, 6.07) is 9.45. The first-order valence-electron chi connectivity index (χ1n) is 6.78. The third-order valence-corrected chi connectivity index (χ3v) is 3.28. The van der Waals surface area contributed by atoms with Gasteiger partial charge in [-0.25, -0.2) is 10.8 Å². The van der Waals surface area contributed by atoms with E-state index in [-0.39, 0.29) is 5.91 Å². The van der Waals surface area contributed by atoms with Gasteiger partial charge in [0.2, 0.25) is 0 Å². The van der Waals surface area contributed by atoms with Crippen LogP contribution >= 0.6 is 0 Å². The molecule has 0 radical (unpaired) electrons. The Hall–Kier alpha value is -2.18. The van der Waals surface area contributed by atoms with Crippen molar-refractivity contribution in [2.45, 2.75) is 6.42 Å². The summed E-state index contributed by atoms with van der Waals surface area (Å²) in [4.78, 5) is 18.4. The van der Waals surface area contributed by atoms with Crippen LogP contribution in [0.3, 0.4) is 0 Å². The summed E-state index contributed by atoms with van der Waals surface area (Å²) < 4.78 is 4.99. The average molecular weight is 288 g/mol. The molecule has 0 aliphatic carbocycles. The Bertz CT molecular complexity index is 630. The molecule has 0 aliphatic rings. The van der Waals surface area contributed by atoms with Crippen LogP contribution in [0.5, 0.6) is 0 Å². The van der Waals surface area contributed by atoms with E-state index in [1.54, 1.807) is 25.1 Å². The fraction of sp³-hybridized carbons (Fsp3) is 0.333. The number of aromatic nitrogens is 1. The minimum atomic E-state index is -0.131. The van der Waals surface area contributed by atoms with Crippen molar-refractivity contribution in [3.8, 4) is 0 Å². The number of hydrogen-bond acceptors (Lipinski definition) is 5. The Morgan fingerprint density at radius 3 is 2.90 bits per heavy atom. The number of methoxy groups -OCH3 is 1. The van der Waals surface area contributed by atoms with Gasteiger partial charge in [0.25, 0.3) is 5.91 Å². The highest BCUT2D eigenvalue weighted by Crippen LogP contribution is 2.22. The van der Waals surface area contributed by atoms with Gasteiger partial charge >= 0.3 is 0 Å². The minimum absolute atomic E-state index is 0.131. The van der Waals surface area contributed by atoms with E-state index in [0.29, 0.717) is 24.7 Å². The third kappa shape index (κ3) is 3.48. The van der Waals surface area contributed by atoms with Gasteiger partial charge < -0.3 is 15.1 Å². The highest BCUT2D eigenvalue weighted by Gasteiger charge is 2.15. The summed E-state index contributed by atoms with van der Waals surface area (Å²) in [5, 5.41) is 1.81. The molecule has 0 saturated carbocycles. The van der Waals surface area contributed by atoms with E-state index < -0.39 is 0 Å². The number of hydrazine groups is 1. The second-order valence-electron chi connectivity index (χ2n) is 4.79. The molecule has 0 fully saturated rings. The van der Waals surface area contributed by atoms with Gasteiger partial charge in [0.05, 0.1) is 0 Å². The fourth-order valence-electron chi connectivity index (χ4n) is 2.16. The molecular formula is C15H20N4O2. The van der Waals surface area contributed by atoms with Crippen molar-refractivity contribution in [2.24, 2.45) is 5.84 Å². The molecule has 6 nitrogen and oxygen atoms in total. The fourth-order valence-corrected chi connectivity index (χ4v) is 2.16. The van der Waals surface area contributed by atoms with Gasteiger partial charge in [0.15, 0.2) is 0 Å². The molecule has 1 aromatic heterocycles. The number of ether oxygens (including phenoxy) is 1. The highest BCUT2D eigenvalue weighted by atomic mass is 16.5. The van der Waals surface area contributed by atoms with Crippen LogP contribution in [0.4, 0.5) is 5.82 Å². The Balaban J connectivity index is 2.27. The van der Waals surface area contributed by atoms with E-state index in [9.17, 15) is 4.79 Å². The van der Waals surface area contributed by atoms with Crippen LogP contribution in [0.2, 0.25) is 0 Å².